The molecule has 0 saturated carbocycles. The minimum Gasteiger partial charge on any atom is -0.490 e. The van der Waals surface area contributed by atoms with Gasteiger partial charge < -0.3 is 15.0 Å². The van der Waals surface area contributed by atoms with Gasteiger partial charge in [0.05, 0.1) is 17.3 Å². The molecule has 1 fully saturated rings. The number of nitrogens with one attached hydrogen (secondary N) is 1. The quantitative estimate of drug-likeness (QED) is 0.668. The zero-order chi connectivity index (χ0) is 21.6. The number of nitriles is 1. The number of rotatable bonds is 6. The number of benzene rings is 3. The Kier molecular flexibility index (Phi) is 6.46. The molecule has 6 heteroatoms. The Morgan fingerprint density at radius 2 is 1.81 bits per heavy atom. The third-order valence-electron chi connectivity index (χ3n) is 5.63. The number of anilines is 1. The fourth-order valence-electron chi connectivity index (χ4n) is 3.80. The maximum Gasteiger partial charge on any atom is 0.256 e. The van der Waals surface area contributed by atoms with Crippen LogP contribution in [0.25, 0.3) is 10.8 Å². The molecule has 4 rings (SSSR count). The number of likely N-dealkylation sites (N-methyl/N-ethyl adjacent to an activating group) is 1. The van der Waals surface area contributed by atoms with E-state index in [4.69, 9.17) is 4.74 Å². The molecular weight excluding hydrogens is 388 g/mol. The topological polar surface area (TPSA) is 68.6 Å². The van der Waals surface area contributed by atoms with Crippen LogP contribution in [0, 0.1) is 11.3 Å². The van der Waals surface area contributed by atoms with Gasteiger partial charge in [0.2, 0.25) is 0 Å². The van der Waals surface area contributed by atoms with Crippen molar-refractivity contribution in [2.24, 2.45) is 0 Å². The summed E-state index contributed by atoms with van der Waals surface area (Å²) in [5.41, 5.74) is 1.56. The Hall–Kier alpha value is -3.40. The number of para-hydroxylation sites is 2. The molecule has 158 valence electrons. The lowest BCUT2D eigenvalue weighted by Gasteiger charge is -2.32. The van der Waals surface area contributed by atoms with Gasteiger partial charge >= 0.3 is 0 Å². The van der Waals surface area contributed by atoms with Gasteiger partial charge in [-0.15, -0.1) is 0 Å². The standard InChI is InChI=1S/C25H26N4O2/c1-28-10-12-29(13-11-28)14-15-31-24-9-5-4-8-23(24)27-25(30)22-17-19(18-26)16-20-6-2-3-7-21(20)22/h2-9,16-17H,10-15H2,1H3,(H,27,30). The van der Waals surface area contributed by atoms with Gasteiger partial charge in [0.15, 0.2) is 0 Å². The molecule has 0 aliphatic carbocycles. The zero-order valence-corrected chi connectivity index (χ0v) is 17.7. The molecule has 0 unspecified atom stereocenters. The van der Waals surface area contributed by atoms with Gasteiger partial charge in [-0.05, 0) is 42.1 Å². The summed E-state index contributed by atoms with van der Waals surface area (Å²) in [7, 11) is 2.14. The maximum absolute atomic E-state index is 13.1. The molecule has 0 spiro atoms. The van der Waals surface area contributed by atoms with E-state index < -0.39 is 0 Å². The van der Waals surface area contributed by atoms with Crippen molar-refractivity contribution in [3.05, 3.63) is 71.8 Å². The molecule has 0 aromatic heterocycles. The molecule has 1 aliphatic rings. The smallest absolute Gasteiger partial charge is 0.256 e. The van der Waals surface area contributed by atoms with E-state index in [1.165, 1.54) is 0 Å². The highest BCUT2D eigenvalue weighted by Gasteiger charge is 2.16. The lowest BCUT2D eigenvalue weighted by Crippen LogP contribution is -2.45. The van der Waals surface area contributed by atoms with Crippen LogP contribution in [0.2, 0.25) is 0 Å². The number of fused-ring (bicyclic) bond motifs is 1. The SMILES string of the molecule is CN1CCN(CCOc2ccccc2NC(=O)c2cc(C#N)cc3ccccc23)CC1. The molecule has 0 bridgehead atoms. The van der Waals surface area contributed by atoms with Crippen molar-refractivity contribution >= 4 is 22.4 Å². The number of hydrogen-bond acceptors (Lipinski definition) is 5. The largest absolute Gasteiger partial charge is 0.490 e. The van der Waals surface area contributed by atoms with Gasteiger partial charge in [-0.2, -0.15) is 5.26 Å². The summed E-state index contributed by atoms with van der Waals surface area (Å²) in [6.45, 7) is 5.64. The second-order valence-corrected chi connectivity index (χ2v) is 7.80. The van der Waals surface area contributed by atoms with Crippen LogP contribution < -0.4 is 10.1 Å². The van der Waals surface area contributed by atoms with E-state index in [0.29, 0.717) is 29.2 Å². The zero-order valence-electron chi connectivity index (χ0n) is 17.7. The van der Waals surface area contributed by atoms with E-state index in [1.54, 1.807) is 12.1 Å². The van der Waals surface area contributed by atoms with Crippen LogP contribution in [0.15, 0.2) is 60.7 Å². The highest BCUT2D eigenvalue weighted by Crippen LogP contribution is 2.27. The Balaban J connectivity index is 1.47. The van der Waals surface area contributed by atoms with Crippen LogP contribution in [0.5, 0.6) is 5.75 Å². The molecule has 1 aliphatic heterocycles. The predicted molar refractivity (Wildman–Crippen MR) is 122 cm³/mol. The summed E-state index contributed by atoms with van der Waals surface area (Å²) in [6, 6.07) is 20.6. The van der Waals surface area contributed by atoms with Crippen LogP contribution >= 0.6 is 0 Å². The number of carbonyl (C=O) groups is 1. The number of nitrogens with zero attached hydrogens (tertiary/aromatic N) is 3. The first-order valence-corrected chi connectivity index (χ1v) is 10.5. The minimum atomic E-state index is -0.261. The summed E-state index contributed by atoms with van der Waals surface area (Å²) < 4.78 is 6.01. The molecular formula is C25H26N4O2. The van der Waals surface area contributed by atoms with Crippen LogP contribution in [0.4, 0.5) is 5.69 Å². The predicted octanol–water partition coefficient (Wildman–Crippen LogP) is 3.59. The van der Waals surface area contributed by atoms with E-state index in [1.807, 2.05) is 48.5 Å². The molecule has 1 amide bonds. The lowest BCUT2D eigenvalue weighted by atomic mass is 10.0. The van der Waals surface area contributed by atoms with E-state index in [2.05, 4.69) is 28.2 Å². The average molecular weight is 415 g/mol. The van der Waals surface area contributed by atoms with Crippen molar-refractivity contribution in [2.75, 3.05) is 51.7 Å². The average Bonchev–Trinajstić information content (AvgIpc) is 2.80. The molecule has 0 radical (unpaired) electrons. The molecule has 1 saturated heterocycles. The van der Waals surface area contributed by atoms with E-state index in [-0.39, 0.29) is 5.91 Å². The van der Waals surface area contributed by atoms with Gasteiger partial charge in [0.25, 0.3) is 5.91 Å². The summed E-state index contributed by atoms with van der Waals surface area (Å²) >= 11 is 0. The van der Waals surface area contributed by atoms with Gasteiger partial charge in [-0.1, -0.05) is 36.4 Å². The Labute approximate surface area is 182 Å². The number of amides is 1. The van der Waals surface area contributed by atoms with Crippen molar-refractivity contribution in [3.63, 3.8) is 0 Å². The minimum absolute atomic E-state index is 0.261. The van der Waals surface area contributed by atoms with E-state index in [0.717, 1.165) is 43.5 Å². The van der Waals surface area contributed by atoms with Crippen LogP contribution in [0.1, 0.15) is 15.9 Å². The summed E-state index contributed by atoms with van der Waals surface area (Å²) in [5.74, 6) is 0.383. The Morgan fingerprint density at radius 3 is 2.61 bits per heavy atom. The highest BCUT2D eigenvalue weighted by molar-refractivity contribution is 6.13. The van der Waals surface area contributed by atoms with Crippen LogP contribution in [-0.4, -0.2) is 62.1 Å². The number of hydrogen-bond donors (Lipinski definition) is 1. The second kappa shape index (κ2) is 9.61. The van der Waals surface area contributed by atoms with Crippen molar-refractivity contribution in [2.45, 2.75) is 0 Å². The second-order valence-electron chi connectivity index (χ2n) is 7.80. The van der Waals surface area contributed by atoms with Crippen molar-refractivity contribution in [1.29, 1.82) is 5.26 Å². The first kappa shape index (κ1) is 20.9. The fourth-order valence-corrected chi connectivity index (χ4v) is 3.80. The fraction of sp³-hybridized carbons (Fsp3) is 0.280. The van der Waals surface area contributed by atoms with Crippen LogP contribution in [0.3, 0.4) is 0 Å². The number of carbonyl (C=O) groups excluding carboxylic acids is 1. The molecule has 6 nitrogen and oxygen atoms in total. The van der Waals surface area contributed by atoms with E-state index >= 15 is 0 Å². The van der Waals surface area contributed by atoms with E-state index in [9.17, 15) is 10.1 Å². The maximum atomic E-state index is 13.1. The first-order chi connectivity index (χ1) is 15.1. The summed E-state index contributed by atoms with van der Waals surface area (Å²) in [6.07, 6.45) is 0. The molecule has 3 aromatic rings. The third-order valence-corrected chi connectivity index (χ3v) is 5.63. The third kappa shape index (κ3) is 5.02. The molecule has 1 heterocycles. The van der Waals surface area contributed by atoms with Crippen LogP contribution in [-0.2, 0) is 0 Å². The highest BCUT2D eigenvalue weighted by atomic mass is 16.5. The molecule has 3 aromatic carbocycles. The van der Waals surface area contributed by atoms with Gasteiger partial charge in [-0.25, -0.2) is 0 Å². The Morgan fingerprint density at radius 1 is 1.06 bits per heavy atom. The van der Waals surface area contributed by atoms with Gasteiger partial charge in [-0.3, -0.25) is 9.69 Å². The lowest BCUT2D eigenvalue weighted by molar-refractivity contribution is 0.102. The first-order valence-electron chi connectivity index (χ1n) is 10.5. The van der Waals surface area contributed by atoms with Crippen molar-refractivity contribution < 1.29 is 9.53 Å². The monoisotopic (exact) mass is 414 g/mol. The summed E-state index contributed by atoms with van der Waals surface area (Å²) in [4.78, 5) is 17.8. The Bertz CT molecular complexity index is 1110. The van der Waals surface area contributed by atoms with Crippen molar-refractivity contribution in [1.82, 2.24) is 9.80 Å². The summed E-state index contributed by atoms with van der Waals surface area (Å²) in [5, 5.41) is 14.0. The van der Waals surface area contributed by atoms with Gasteiger partial charge in [0, 0.05) is 38.3 Å². The van der Waals surface area contributed by atoms with Crippen molar-refractivity contribution in [3.8, 4) is 11.8 Å². The number of piperazine rings is 1. The molecule has 0 atom stereocenters. The number of ether oxygens (including phenoxy) is 1. The molecule has 31 heavy (non-hydrogen) atoms. The molecule has 1 N–H and O–H groups in total. The normalized spacial score (nSPS) is 14.8. The van der Waals surface area contributed by atoms with Gasteiger partial charge in [0.1, 0.15) is 12.4 Å².